The van der Waals surface area contributed by atoms with Crippen LogP contribution in [0.15, 0.2) is 0 Å². The molecular formula is C5H12O2S. The molecule has 0 radical (unpaired) electrons. The third kappa shape index (κ3) is 4.43. The minimum absolute atomic E-state index is 0.157. The van der Waals surface area contributed by atoms with E-state index < -0.39 is 0 Å². The van der Waals surface area contributed by atoms with Crippen LogP contribution >= 0.6 is 11.8 Å². The van der Waals surface area contributed by atoms with Gasteiger partial charge in [-0.3, -0.25) is 0 Å². The van der Waals surface area contributed by atoms with E-state index >= 15 is 0 Å². The molecule has 0 spiro atoms. The van der Waals surface area contributed by atoms with E-state index in [2.05, 4.69) is 0 Å². The summed E-state index contributed by atoms with van der Waals surface area (Å²) in [6.07, 6.45) is 0. The van der Waals surface area contributed by atoms with E-state index in [4.69, 9.17) is 10.2 Å². The van der Waals surface area contributed by atoms with Crippen LogP contribution in [0, 0.1) is 5.92 Å². The van der Waals surface area contributed by atoms with Crippen LogP contribution in [0.2, 0.25) is 0 Å². The van der Waals surface area contributed by atoms with Crippen molar-refractivity contribution in [2.75, 3.05) is 18.3 Å². The molecule has 0 saturated heterocycles. The Hall–Kier alpha value is 0.270. The van der Waals surface area contributed by atoms with Crippen molar-refractivity contribution in [1.82, 2.24) is 0 Å². The second-order valence-corrected chi connectivity index (χ2v) is 2.79. The van der Waals surface area contributed by atoms with E-state index in [-0.39, 0.29) is 12.5 Å². The molecule has 0 aliphatic rings. The van der Waals surface area contributed by atoms with Crippen molar-refractivity contribution in [3.05, 3.63) is 0 Å². The molecule has 0 aliphatic heterocycles. The highest BCUT2D eigenvalue weighted by atomic mass is 32.2. The maximum absolute atomic E-state index is 8.47. The summed E-state index contributed by atoms with van der Waals surface area (Å²) in [4.78, 5) is 0. The van der Waals surface area contributed by atoms with E-state index in [0.717, 1.165) is 5.75 Å². The van der Waals surface area contributed by atoms with Crippen LogP contribution in [-0.2, 0) is 0 Å². The van der Waals surface area contributed by atoms with Gasteiger partial charge in [-0.15, -0.1) is 11.8 Å². The fourth-order valence-electron chi connectivity index (χ4n) is 0.307. The summed E-state index contributed by atoms with van der Waals surface area (Å²) < 4.78 is 0. The predicted octanol–water partition coefficient (Wildman–Crippen LogP) is 0.298. The average molecular weight is 136 g/mol. The molecule has 0 fully saturated rings. The Kier molecular flexibility index (Phi) is 5.59. The molecule has 3 heteroatoms. The van der Waals surface area contributed by atoms with Gasteiger partial charge in [0.25, 0.3) is 0 Å². The molecular weight excluding hydrogens is 124 g/mol. The van der Waals surface area contributed by atoms with Gasteiger partial charge in [-0.2, -0.15) is 0 Å². The van der Waals surface area contributed by atoms with Gasteiger partial charge in [0.05, 0.1) is 5.94 Å². The van der Waals surface area contributed by atoms with Crippen molar-refractivity contribution in [3.63, 3.8) is 0 Å². The van der Waals surface area contributed by atoms with E-state index in [0.29, 0.717) is 5.92 Å². The zero-order valence-corrected chi connectivity index (χ0v) is 5.82. The molecule has 0 aromatic rings. The summed E-state index contributed by atoms with van der Waals surface area (Å²) in [5, 5.41) is 16.8. The quantitative estimate of drug-likeness (QED) is 0.546. The Bertz CT molecular complexity index is 49.7. The van der Waals surface area contributed by atoms with Gasteiger partial charge in [0, 0.05) is 12.4 Å². The van der Waals surface area contributed by atoms with Crippen LogP contribution in [0.25, 0.3) is 0 Å². The fraction of sp³-hybridized carbons (Fsp3) is 1.00. The Morgan fingerprint density at radius 3 is 2.50 bits per heavy atom. The topological polar surface area (TPSA) is 40.5 Å². The number of aliphatic hydroxyl groups is 2. The number of hydrogen-bond donors (Lipinski definition) is 2. The van der Waals surface area contributed by atoms with Gasteiger partial charge < -0.3 is 10.2 Å². The molecule has 1 unspecified atom stereocenters. The first-order valence-corrected chi connectivity index (χ1v) is 3.76. The van der Waals surface area contributed by atoms with Gasteiger partial charge >= 0.3 is 0 Å². The number of hydrogen-bond acceptors (Lipinski definition) is 3. The maximum atomic E-state index is 8.47. The number of thioether (sulfide) groups is 1. The van der Waals surface area contributed by atoms with Crippen molar-refractivity contribution in [2.45, 2.75) is 6.92 Å². The first kappa shape index (κ1) is 8.27. The third-order valence-corrected chi connectivity index (χ3v) is 1.79. The summed E-state index contributed by atoms with van der Waals surface area (Å²) in [5.74, 6) is 1.31. The van der Waals surface area contributed by atoms with Crippen LogP contribution < -0.4 is 0 Å². The van der Waals surface area contributed by atoms with Gasteiger partial charge in [0.2, 0.25) is 0 Å². The largest absolute Gasteiger partial charge is 0.396 e. The molecule has 0 bridgehead atoms. The monoisotopic (exact) mass is 136 g/mol. The smallest absolute Gasteiger partial charge is 0.0886 e. The molecule has 0 amide bonds. The zero-order valence-electron chi connectivity index (χ0n) is 5.00. The van der Waals surface area contributed by atoms with Crippen molar-refractivity contribution >= 4 is 11.8 Å². The van der Waals surface area contributed by atoms with Gasteiger partial charge in [0.1, 0.15) is 0 Å². The van der Waals surface area contributed by atoms with Crippen LogP contribution in [0.3, 0.4) is 0 Å². The van der Waals surface area contributed by atoms with Gasteiger partial charge in [-0.25, -0.2) is 0 Å². The van der Waals surface area contributed by atoms with E-state index in [9.17, 15) is 0 Å². The van der Waals surface area contributed by atoms with Crippen molar-refractivity contribution in [1.29, 1.82) is 0 Å². The van der Waals surface area contributed by atoms with Gasteiger partial charge in [0.15, 0.2) is 0 Å². The van der Waals surface area contributed by atoms with Crippen LogP contribution in [0.4, 0.5) is 0 Å². The van der Waals surface area contributed by atoms with Gasteiger partial charge in [-0.1, -0.05) is 6.92 Å². The third-order valence-electron chi connectivity index (χ3n) is 0.805. The Morgan fingerprint density at radius 1 is 1.50 bits per heavy atom. The summed E-state index contributed by atoms with van der Waals surface area (Å²) in [7, 11) is 0. The Morgan fingerprint density at radius 2 is 2.12 bits per heavy atom. The predicted molar refractivity (Wildman–Crippen MR) is 35.8 cm³/mol. The molecule has 50 valence electrons. The van der Waals surface area contributed by atoms with Crippen molar-refractivity contribution in [2.24, 2.45) is 5.92 Å². The minimum Gasteiger partial charge on any atom is -0.396 e. The van der Waals surface area contributed by atoms with E-state index in [1.807, 2.05) is 6.92 Å². The normalized spacial score (nSPS) is 13.9. The average Bonchev–Trinajstić information content (AvgIpc) is 1.83. The van der Waals surface area contributed by atoms with Crippen LogP contribution in [0.5, 0.6) is 0 Å². The molecule has 2 N–H and O–H groups in total. The van der Waals surface area contributed by atoms with Crippen molar-refractivity contribution in [3.8, 4) is 0 Å². The minimum atomic E-state index is 0.157. The standard InChI is InChI=1S/C5H12O2S/c1-5(2-6)3-8-4-7/h5-7H,2-4H2,1H3. The van der Waals surface area contributed by atoms with Gasteiger partial charge in [-0.05, 0) is 5.92 Å². The van der Waals surface area contributed by atoms with Crippen molar-refractivity contribution < 1.29 is 10.2 Å². The number of rotatable bonds is 4. The summed E-state index contributed by atoms with van der Waals surface area (Å²) >= 11 is 1.44. The zero-order chi connectivity index (χ0) is 6.41. The summed E-state index contributed by atoms with van der Waals surface area (Å²) in [6.45, 7) is 2.16. The fourth-order valence-corrected chi connectivity index (χ4v) is 0.920. The van der Waals surface area contributed by atoms with Crippen LogP contribution in [0.1, 0.15) is 6.92 Å². The lowest BCUT2D eigenvalue weighted by Gasteiger charge is -2.03. The molecule has 0 aromatic carbocycles. The Labute approximate surface area is 53.9 Å². The van der Waals surface area contributed by atoms with E-state index in [1.54, 1.807) is 0 Å². The molecule has 0 aliphatic carbocycles. The first-order chi connectivity index (χ1) is 3.81. The highest BCUT2D eigenvalue weighted by molar-refractivity contribution is 7.99. The maximum Gasteiger partial charge on any atom is 0.0886 e. The first-order valence-electron chi connectivity index (χ1n) is 2.60. The molecule has 0 saturated carbocycles. The summed E-state index contributed by atoms with van der Waals surface area (Å²) in [5.41, 5.74) is 0. The highest BCUT2D eigenvalue weighted by Crippen LogP contribution is 2.04. The lowest BCUT2D eigenvalue weighted by Crippen LogP contribution is -2.03. The molecule has 8 heavy (non-hydrogen) atoms. The van der Waals surface area contributed by atoms with E-state index in [1.165, 1.54) is 11.8 Å². The lowest BCUT2D eigenvalue weighted by molar-refractivity contribution is 0.250. The SMILES string of the molecule is CC(CO)CSCO. The second-order valence-electron chi connectivity index (χ2n) is 1.79. The number of aliphatic hydroxyl groups excluding tert-OH is 2. The molecule has 0 aromatic heterocycles. The molecule has 2 nitrogen and oxygen atoms in total. The summed E-state index contributed by atoms with van der Waals surface area (Å²) in [6, 6.07) is 0. The Balaban J connectivity index is 2.86. The molecule has 0 heterocycles. The molecule has 0 rings (SSSR count). The lowest BCUT2D eigenvalue weighted by atomic mass is 10.2. The molecule has 1 atom stereocenters. The van der Waals surface area contributed by atoms with Crippen LogP contribution in [-0.4, -0.2) is 28.5 Å². The highest BCUT2D eigenvalue weighted by Gasteiger charge is 1.96. The second kappa shape index (κ2) is 5.41.